The Morgan fingerprint density at radius 3 is 2.95 bits per heavy atom. The standard InChI is InChI=1S/C14H23N5O2S/c1-15-14(10-19(20)21)17-6-7-22-11-13-8-12(4-5-16-13)9-18(2)3/h4-5,8H,6-7,9-11H2,1-3H3,(H,15,17). The average molecular weight is 325 g/mol. The minimum atomic E-state index is -0.386. The molecule has 1 N–H and O–H groups in total. The van der Waals surface area contributed by atoms with E-state index in [1.165, 1.54) is 5.56 Å². The molecule has 0 aromatic carbocycles. The highest BCUT2D eigenvalue weighted by atomic mass is 32.2. The first-order valence-electron chi connectivity index (χ1n) is 6.99. The molecule has 1 rings (SSSR count). The van der Waals surface area contributed by atoms with Crippen LogP contribution in [-0.4, -0.2) is 60.6 Å². The largest absolute Gasteiger partial charge is 0.368 e. The Hall–Kier alpha value is -1.67. The topological polar surface area (TPSA) is 83.7 Å². The third-order valence-electron chi connectivity index (χ3n) is 2.75. The Morgan fingerprint density at radius 1 is 1.55 bits per heavy atom. The van der Waals surface area contributed by atoms with Crippen molar-refractivity contribution in [2.24, 2.45) is 4.99 Å². The Bertz CT molecular complexity index is 508. The number of pyridine rings is 1. The second-order valence-corrected chi connectivity index (χ2v) is 6.14. The van der Waals surface area contributed by atoms with E-state index in [0.717, 1.165) is 23.7 Å². The van der Waals surface area contributed by atoms with E-state index < -0.39 is 0 Å². The van der Waals surface area contributed by atoms with E-state index in [0.29, 0.717) is 12.4 Å². The molecule has 8 heteroatoms. The summed E-state index contributed by atoms with van der Waals surface area (Å²) in [5, 5.41) is 13.4. The van der Waals surface area contributed by atoms with Crippen molar-refractivity contribution in [2.75, 3.05) is 40.0 Å². The molecule has 0 atom stereocenters. The SMILES string of the molecule is CN=C(C[N+](=O)[O-])NCCSCc1cc(CN(C)C)ccn1. The fraction of sp³-hybridized carbons (Fsp3) is 0.571. The van der Waals surface area contributed by atoms with E-state index in [-0.39, 0.29) is 11.5 Å². The zero-order valence-electron chi connectivity index (χ0n) is 13.3. The molecule has 1 aromatic heterocycles. The van der Waals surface area contributed by atoms with Crippen molar-refractivity contribution in [3.63, 3.8) is 0 Å². The molecule has 1 aromatic rings. The van der Waals surface area contributed by atoms with Crippen molar-refractivity contribution in [1.29, 1.82) is 0 Å². The van der Waals surface area contributed by atoms with Crippen LogP contribution < -0.4 is 5.32 Å². The maximum atomic E-state index is 10.4. The summed E-state index contributed by atoms with van der Waals surface area (Å²) in [5.74, 6) is 2.09. The van der Waals surface area contributed by atoms with Gasteiger partial charge in [0.2, 0.25) is 0 Å². The molecule has 0 aliphatic rings. The molecular weight excluding hydrogens is 302 g/mol. The van der Waals surface area contributed by atoms with Crippen LogP contribution in [0.15, 0.2) is 23.3 Å². The molecule has 0 saturated heterocycles. The maximum Gasteiger partial charge on any atom is 0.259 e. The second-order valence-electron chi connectivity index (χ2n) is 5.03. The van der Waals surface area contributed by atoms with Crippen LogP contribution in [0.25, 0.3) is 0 Å². The van der Waals surface area contributed by atoms with Gasteiger partial charge in [0.15, 0.2) is 5.84 Å². The molecule has 0 amide bonds. The highest BCUT2D eigenvalue weighted by Crippen LogP contribution is 2.11. The zero-order chi connectivity index (χ0) is 16.4. The molecular formula is C14H23N5O2S. The van der Waals surface area contributed by atoms with E-state index >= 15 is 0 Å². The summed E-state index contributed by atoms with van der Waals surface area (Å²) < 4.78 is 0. The third-order valence-corrected chi connectivity index (χ3v) is 3.75. The number of nitro groups is 1. The van der Waals surface area contributed by atoms with Crippen molar-refractivity contribution < 1.29 is 4.92 Å². The third kappa shape index (κ3) is 7.94. The van der Waals surface area contributed by atoms with Gasteiger partial charge >= 0.3 is 0 Å². The molecule has 0 radical (unpaired) electrons. The van der Waals surface area contributed by atoms with Gasteiger partial charge in [0, 0.05) is 42.8 Å². The minimum absolute atomic E-state index is 0.255. The quantitative estimate of drug-likeness (QED) is 0.242. The predicted octanol–water partition coefficient (Wildman–Crippen LogP) is 1.27. The van der Waals surface area contributed by atoms with Crippen LogP contribution in [0.3, 0.4) is 0 Å². The van der Waals surface area contributed by atoms with E-state index in [4.69, 9.17) is 0 Å². The van der Waals surface area contributed by atoms with E-state index in [2.05, 4.69) is 26.3 Å². The predicted molar refractivity (Wildman–Crippen MR) is 91.0 cm³/mol. The van der Waals surface area contributed by atoms with E-state index in [1.807, 2.05) is 26.4 Å². The van der Waals surface area contributed by atoms with E-state index in [9.17, 15) is 10.1 Å². The lowest BCUT2D eigenvalue weighted by Gasteiger charge is -2.10. The van der Waals surface area contributed by atoms with Crippen molar-refractivity contribution in [3.05, 3.63) is 39.7 Å². The van der Waals surface area contributed by atoms with Crippen molar-refractivity contribution in [3.8, 4) is 0 Å². The van der Waals surface area contributed by atoms with Gasteiger partial charge in [0.25, 0.3) is 6.54 Å². The molecule has 0 saturated carbocycles. The summed E-state index contributed by atoms with van der Waals surface area (Å²) in [6, 6.07) is 4.14. The summed E-state index contributed by atoms with van der Waals surface area (Å²) in [7, 11) is 5.63. The number of hydrogen-bond donors (Lipinski definition) is 1. The molecule has 1 heterocycles. The first-order chi connectivity index (χ1) is 10.5. The van der Waals surface area contributed by atoms with Gasteiger partial charge in [-0.15, -0.1) is 0 Å². The van der Waals surface area contributed by atoms with Gasteiger partial charge in [0.05, 0.1) is 5.69 Å². The van der Waals surface area contributed by atoms with Gasteiger partial charge in [-0.05, 0) is 31.8 Å². The van der Waals surface area contributed by atoms with Gasteiger partial charge in [-0.25, -0.2) is 0 Å². The van der Waals surface area contributed by atoms with Crippen LogP contribution in [0.2, 0.25) is 0 Å². The lowest BCUT2D eigenvalue weighted by Crippen LogP contribution is -2.31. The number of aromatic nitrogens is 1. The molecule has 22 heavy (non-hydrogen) atoms. The van der Waals surface area contributed by atoms with E-state index in [1.54, 1.807) is 18.8 Å². The Labute approximate surface area is 135 Å². The van der Waals surface area contributed by atoms with Crippen LogP contribution in [0.4, 0.5) is 0 Å². The monoisotopic (exact) mass is 325 g/mol. The maximum absolute atomic E-state index is 10.4. The molecule has 0 spiro atoms. The first kappa shape index (κ1) is 18.4. The Balaban J connectivity index is 2.28. The number of nitrogens with one attached hydrogen (secondary N) is 1. The van der Waals surface area contributed by atoms with Gasteiger partial charge in [-0.3, -0.25) is 20.1 Å². The highest BCUT2D eigenvalue weighted by Gasteiger charge is 2.05. The molecule has 0 aliphatic carbocycles. The number of aliphatic imine (C=N–C) groups is 1. The Kier molecular flexibility index (Phi) is 8.46. The summed E-state index contributed by atoms with van der Waals surface area (Å²) in [6.07, 6.45) is 1.84. The molecule has 0 unspecified atom stereocenters. The summed E-state index contributed by atoms with van der Waals surface area (Å²) in [6.45, 7) is 1.30. The average Bonchev–Trinajstić information content (AvgIpc) is 2.45. The van der Waals surface area contributed by atoms with Crippen LogP contribution in [0, 0.1) is 10.1 Å². The van der Waals surface area contributed by atoms with Crippen molar-refractivity contribution >= 4 is 17.6 Å². The van der Waals surface area contributed by atoms with Crippen LogP contribution in [0.5, 0.6) is 0 Å². The lowest BCUT2D eigenvalue weighted by atomic mass is 10.2. The van der Waals surface area contributed by atoms with Crippen LogP contribution in [-0.2, 0) is 12.3 Å². The number of rotatable bonds is 9. The molecule has 7 nitrogen and oxygen atoms in total. The molecule has 0 bridgehead atoms. The highest BCUT2D eigenvalue weighted by molar-refractivity contribution is 7.98. The molecule has 122 valence electrons. The number of nitrogens with zero attached hydrogens (tertiary/aromatic N) is 4. The van der Waals surface area contributed by atoms with Gasteiger partial charge in [-0.1, -0.05) is 0 Å². The van der Waals surface area contributed by atoms with Crippen molar-refractivity contribution in [1.82, 2.24) is 15.2 Å². The minimum Gasteiger partial charge on any atom is -0.368 e. The fourth-order valence-electron chi connectivity index (χ4n) is 1.84. The fourth-order valence-corrected chi connectivity index (χ4v) is 2.60. The van der Waals surface area contributed by atoms with Gasteiger partial charge in [-0.2, -0.15) is 11.8 Å². The number of hydrogen-bond acceptors (Lipinski definition) is 6. The molecule has 0 aliphatic heterocycles. The summed E-state index contributed by atoms with van der Waals surface area (Å²) in [5.41, 5.74) is 2.30. The summed E-state index contributed by atoms with van der Waals surface area (Å²) in [4.78, 5) is 20.4. The molecule has 0 fully saturated rings. The smallest absolute Gasteiger partial charge is 0.259 e. The lowest BCUT2D eigenvalue weighted by molar-refractivity contribution is -0.463. The van der Waals surface area contributed by atoms with Crippen LogP contribution >= 0.6 is 11.8 Å². The Morgan fingerprint density at radius 2 is 2.32 bits per heavy atom. The second kappa shape index (κ2) is 10.1. The van der Waals surface area contributed by atoms with Gasteiger partial charge in [0.1, 0.15) is 0 Å². The zero-order valence-corrected chi connectivity index (χ0v) is 14.1. The van der Waals surface area contributed by atoms with Crippen LogP contribution in [0.1, 0.15) is 11.3 Å². The summed E-state index contributed by atoms with van der Waals surface area (Å²) >= 11 is 1.74. The first-order valence-corrected chi connectivity index (χ1v) is 8.14. The normalized spacial score (nSPS) is 11.7. The van der Waals surface area contributed by atoms with Crippen molar-refractivity contribution in [2.45, 2.75) is 12.3 Å². The van der Waals surface area contributed by atoms with Gasteiger partial charge < -0.3 is 10.2 Å². The number of amidine groups is 1. The number of thioether (sulfide) groups is 1.